The molecule has 2 rings (SSSR count). The average Bonchev–Trinajstić information content (AvgIpc) is 2.76. The fourth-order valence-corrected chi connectivity index (χ4v) is 2.42. The van der Waals surface area contributed by atoms with E-state index in [-0.39, 0.29) is 30.4 Å². The molecular weight excluding hydrogens is 301 g/mol. The Bertz CT molecular complexity index is 584. The molecule has 1 aliphatic heterocycles. The topological polar surface area (TPSA) is 95.7 Å². The number of anilines is 1. The summed E-state index contributed by atoms with van der Waals surface area (Å²) in [7, 11) is 0. The van der Waals surface area contributed by atoms with Gasteiger partial charge in [0.25, 0.3) is 0 Å². The summed E-state index contributed by atoms with van der Waals surface area (Å²) < 4.78 is 12.9. The van der Waals surface area contributed by atoms with Gasteiger partial charge in [-0.3, -0.25) is 14.5 Å². The zero-order valence-electron chi connectivity index (χ0n) is 11.1. The van der Waals surface area contributed by atoms with Gasteiger partial charge in [0.05, 0.1) is 17.3 Å². The van der Waals surface area contributed by atoms with Crippen LogP contribution in [0.5, 0.6) is 0 Å². The maximum atomic E-state index is 12.9. The zero-order chi connectivity index (χ0) is 15.6. The summed E-state index contributed by atoms with van der Waals surface area (Å²) in [5.74, 6) is -1.93. The van der Waals surface area contributed by atoms with Crippen LogP contribution in [0.4, 0.5) is 10.1 Å². The van der Waals surface area contributed by atoms with Crippen molar-refractivity contribution in [3.05, 3.63) is 29.0 Å². The highest BCUT2D eigenvalue weighted by Crippen LogP contribution is 2.23. The first-order valence-corrected chi connectivity index (χ1v) is 6.67. The van der Waals surface area contributed by atoms with Crippen LogP contribution in [-0.2, 0) is 9.59 Å². The van der Waals surface area contributed by atoms with Crippen LogP contribution in [0.25, 0.3) is 0 Å². The molecule has 4 N–H and O–H groups in total. The van der Waals surface area contributed by atoms with Crippen molar-refractivity contribution in [2.75, 3.05) is 25.0 Å². The van der Waals surface area contributed by atoms with E-state index < -0.39 is 17.3 Å². The maximum Gasteiger partial charge on any atom is 0.325 e. The van der Waals surface area contributed by atoms with Crippen LogP contribution in [0, 0.1) is 5.82 Å². The van der Waals surface area contributed by atoms with Gasteiger partial charge in [0.15, 0.2) is 0 Å². The van der Waals surface area contributed by atoms with Crippen LogP contribution in [0.2, 0.25) is 5.02 Å². The number of rotatable bonds is 4. The Morgan fingerprint density at radius 2 is 2.24 bits per heavy atom. The molecule has 0 radical (unpaired) electrons. The number of halogens is 2. The minimum absolute atomic E-state index is 0.0000642. The van der Waals surface area contributed by atoms with E-state index in [2.05, 4.69) is 5.32 Å². The number of benzene rings is 1. The third kappa shape index (κ3) is 3.69. The average molecular weight is 316 g/mol. The molecule has 21 heavy (non-hydrogen) atoms. The lowest BCUT2D eigenvalue weighted by Crippen LogP contribution is -2.50. The normalized spacial score (nSPS) is 22.2. The van der Waals surface area contributed by atoms with Crippen molar-refractivity contribution in [3.63, 3.8) is 0 Å². The van der Waals surface area contributed by atoms with Crippen molar-refractivity contribution in [2.45, 2.75) is 12.0 Å². The molecule has 1 aromatic carbocycles. The van der Waals surface area contributed by atoms with E-state index in [1.807, 2.05) is 0 Å². The van der Waals surface area contributed by atoms with Gasteiger partial charge in [0.1, 0.15) is 11.4 Å². The van der Waals surface area contributed by atoms with Crippen molar-refractivity contribution >= 4 is 29.2 Å². The number of aliphatic carboxylic acids is 1. The van der Waals surface area contributed by atoms with Gasteiger partial charge in [-0.1, -0.05) is 11.6 Å². The third-order valence-corrected chi connectivity index (χ3v) is 3.69. The second-order valence-corrected chi connectivity index (χ2v) is 5.50. The van der Waals surface area contributed by atoms with Gasteiger partial charge in [-0.25, -0.2) is 4.39 Å². The van der Waals surface area contributed by atoms with E-state index in [9.17, 15) is 14.0 Å². The van der Waals surface area contributed by atoms with Crippen LogP contribution >= 0.6 is 11.6 Å². The molecule has 1 atom stereocenters. The van der Waals surface area contributed by atoms with E-state index in [0.717, 1.165) is 6.07 Å². The molecule has 6 nitrogen and oxygen atoms in total. The first-order valence-electron chi connectivity index (χ1n) is 6.30. The second kappa shape index (κ2) is 5.97. The highest BCUT2D eigenvalue weighted by molar-refractivity contribution is 6.33. The van der Waals surface area contributed by atoms with Gasteiger partial charge in [-0.15, -0.1) is 0 Å². The first kappa shape index (κ1) is 15.7. The molecule has 1 fully saturated rings. The number of nitrogens with two attached hydrogens (primary N) is 1. The molecule has 1 amide bonds. The van der Waals surface area contributed by atoms with Gasteiger partial charge < -0.3 is 16.2 Å². The molecule has 0 bridgehead atoms. The number of nitrogens with zero attached hydrogens (tertiary/aromatic N) is 1. The van der Waals surface area contributed by atoms with E-state index in [4.69, 9.17) is 22.4 Å². The Kier molecular flexibility index (Phi) is 4.46. The quantitative estimate of drug-likeness (QED) is 0.767. The number of nitrogens with one attached hydrogen (secondary N) is 1. The Balaban J connectivity index is 1.93. The standard InChI is InChI=1S/C13H15ClFN3O3/c14-9-5-8(15)1-2-10(9)17-11(19)6-18-4-3-13(16,7-18)12(20)21/h1-2,5H,3-4,6-7,16H2,(H,17,19)(H,20,21). The summed E-state index contributed by atoms with van der Waals surface area (Å²) in [5, 5.41) is 11.7. The number of carboxylic acids is 1. The number of carboxylic acid groups (broad SMARTS) is 1. The van der Waals surface area contributed by atoms with Gasteiger partial charge >= 0.3 is 5.97 Å². The number of carbonyl (C=O) groups is 2. The summed E-state index contributed by atoms with van der Waals surface area (Å²) in [5.41, 5.74) is 4.72. The minimum Gasteiger partial charge on any atom is -0.480 e. The maximum absolute atomic E-state index is 12.9. The first-order chi connectivity index (χ1) is 9.80. The number of hydrogen-bond donors (Lipinski definition) is 3. The van der Waals surface area contributed by atoms with Crippen molar-refractivity contribution in [1.82, 2.24) is 4.90 Å². The number of carbonyl (C=O) groups excluding carboxylic acids is 1. The number of likely N-dealkylation sites (tertiary alicyclic amines) is 1. The lowest BCUT2D eigenvalue weighted by molar-refractivity contribution is -0.143. The highest BCUT2D eigenvalue weighted by Gasteiger charge is 2.41. The van der Waals surface area contributed by atoms with Crippen molar-refractivity contribution < 1.29 is 19.1 Å². The summed E-state index contributed by atoms with van der Waals surface area (Å²) in [4.78, 5) is 24.6. The van der Waals surface area contributed by atoms with E-state index in [1.54, 1.807) is 4.90 Å². The molecule has 8 heteroatoms. The smallest absolute Gasteiger partial charge is 0.325 e. The molecule has 1 unspecified atom stereocenters. The van der Waals surface area contributed by atoms with Gasteiger partial charge in [-0.05, 0) is 24.6 Å². The lowest BCUT2D eigenvalue weighted by atomic mass is 10.0. The molecule has 0 saturated carbocycles. The monoisotopic (exact) mass is 315 g/mol. The lowest BCUT2D eigenvalue weighted by Gasteiger charge is -2.19. The number of amides is 1. The summed E-state index contributed by atoms with van der Waals surface area (Å²) in [6, 6.07) is 3.65. The molecule has 114 valence electrons. The van der Waals surface area contributed by atoms with Crippen LogP contribution in [-0.4, -0.2) is 47.1 Å². The minimum atomic E-state index is -1.31. The Labute approximate surface area is 125 Å². The SMILES string of the molecule is NC1(C(=O)O)CCN(CC(=O)Nc2ccc(F)cc2Cl)C1. The highest BCUT2D eigenvalue weighted by atomic mass is 35.5. The second-order valence-electron chi connectivity index (χ2n) is 5.09. The molecular formula is C13H15ClFN3O3. The molecule has 1 saturated heterocycles. The fraction of sp³-hybridized carbons (Fsp3) is 0.385. The predicted octanol–water partition coefficient (Wildman–Crippen LogP) is 0.905. The van der Waals surface area contributed by atoms with Crippen LogP contribution < -0.4 is 11.1 Å². The van der Waals surface area contributed by atoms with Crippen LogP contribution in [0.15, 0.2) is 18.2 Å². The van der Waals surface area contributed by atoms with Gasteiger partial charge in [0, 0.05) is 13.1 Å². The third-order valence-electron chi connectivity index (χ3n) is 3.38. The van der Waals surface area contributed by atoms with E-state index in [1.165, 1.54) is 12.1 Å². The zero-order valence-corrected chi connectivity index (χ0v) is 11.9. The van der Waals surface area contributed by atoms with Gasteiger partial charge in [0.2, 0.25) is 5.91 Å². The Morgan fingerprint density at radius 3 is 2.81 bits per heavy atom. The molecule has 0 spiro atoms. The van der Waals surface area contributed by atoms with Crippen molar-refractivity contribution in [1.29, 1.82) is 0 Å². The van der Waals surface area contributed by atoms with Crippen LogP contribution in [0.1, 0.15) is 6.42 Å². The molecule has 0 aromatic heterocycles. The molecule has 0 aliphatic carbocycles. The molecule has 1 aliphatic rings. The molecule has 1 heterocycles. The van der Waals surface area contributed by atoms with Gasteiger partial charge in [-0.2, -0.15) is 0 Å². The van der Waals surface area contributed by atoms with E-state index in [0.29, 0.717) is 12.2 Å². The fourth-order valence-electron chi connectivity index (χ4n) is 2.21. The molecule has 1 aromatic rings. The van der Waals surface area contributed by atoms with E-state index >= 15 is 0 Å². The summed E-state index contributed by atoms with van der Waals surface area (Å²) in [6.07, 6.45) is 0.285. The number of hydrogen-bond acceptors (Lipinski definition) is 4. The predicted molar refractivity (Wildman–Crippen MR) is 75.7 cm³/mol. The Morgan fingerprint density at radius 1 is 1.52 bits per heavy atom. The van der Waals surface area contributed by atoms with Crippen LogP contribution in [0.3, 0.4) is 0 Å². The largest absolute Gasteiger partial charge is 0.480 e. The van der Waals surface area contributed by atoms with Crippen molar-refractivity contribution in [3.8, 4) is 0 Å². The summed E-state index contributed by atoms with van der Waals surface area (Å²) in [6.45, 7) is 0.528. The Hall–Kier alpha value is -1.70. The van der Waals surface area contributed by atoms with Crippen molar-refractivity contribution in [2.24, 2.45) is 5.73 Å². The summed E-state index contributed by atoms with van der Waals surface area (Å²) >= 11 is 5.81.